The Bertz CT molecular complexity index is 396. The smallest absolute Gasteiger partial charge is 0.0739 e. The van der Waals surface area contributed by atoms with Gasteiger partial charge in [-0.3, -0.25) is 9.58 Å². The van der Waals surface area contributed by atoms with Gasteiger partial charge < -0.3 is 5.32 Å². The quantitative estimate of drug-likeness (QED) is 0.903. The van der Waals surface area contributed by atoms with Crippen molar-refractivity contribution in [2.45, 2.75) is 39.3 Å². The Morgan fingerprint density at radius 1 is 1.56 bits per heavy atom. The van der Waals surface area contributed by atoms with Gasteiger partial charge in [-0.1, -0.05) is 6.92 Å². The van der Waals surface area contributed by atoms with Crippen LogP contribution < -0.4 is 5.32 Å². The van der Waals surface area contributed by atoms with Crippen LogP contribution in [0, 0.1) is 6.92 Å². The van der Waals surface area contributed by atoms with Crippen LogP contribution in [0.1, 0.15) is 31.2 Å². The van der Waals surface area contributed by atoms with E-state index in [1.807, 2.05) is 11.7 Å². The molecule has 1 aliphatic rings. The largest absolute Gasteiger partial charge is 0.315 e. The molecular formula is C13H23BrN4. The average molecular weight is 315 g/mol. The Labute approximate surface area is 118 Å². The zero-order valence-corrected chi connectivity index (χ0v) is 13.1. The first-order chi connectivity index (χ1) is 8.63. The fourth-order valence-electron chi connectivity index (χ4n) is 2.67. The summed E-state index contributed by atoms with van der Waals surface area (Å²) in [6.07, 6.45) is 2.46. The SMILES string of the molecule is CCCN(Cc1c(Br)c(C)nn1C)C1CCNC1. The van der Waals surface area contributed by atoms with Crippen LogP contribution in [0.25, 0.3) is 0 Å². The Morgan fingerprint density at radius 3 is 2.83 bits per heavy atom. The van der Waals surface area contributed by atoms with Gasteiger partial charge in [-0.2, -0.15) is 5.10 Å². The summed E-state index contributed by atoms with van der Waals surface area (Å²) in [5, 5.41) is 7.93. The third kappa shape index (κ3) is 2.95. The van der Waals surface area contributed by atoms with Crippen LogP contribution >= 0.6 is 15.9 Å². The monoisotopic (exact) mass is 314 g/mol. The summed E-state index contributed by atoms with van der Waals surface area (Å²) in [6, 6.07) is 0.673. The summed E-state index contributed by atoms with van der Waals surface area (Å²) in [7, 11) is 2.03. The molecule has 1 aromatic rings. The Balaban J connectivity index is 2.12. The zero-order chi connectivity index (χ0) is 13.1. The van der Waals surface area contributed by atoms with E-state index in [1.165, 1.54) is 18.5 Å². The van der Waals surface area contributed by atoms with Crippen LogP contribution in [0.2, 0.25) is 0 Å². The maximum Gasteiger partial charge on any atom is 0.0739 e. The first-order valence-electron chi connectivity index (χ1n) is 6.76. The topological polar surface area (TPSA) is 33.1 Å². The lowest BCUT2D eigenvalue weighted by Crippen LogP contribution is -2.37. The van der Waals surface area contributed by atoms with Gasteiger partial charge in [0.15, 0.2) is 0 Å². The summed E-state index contributed by atoms with van der Waals surface area (Å²) in [4.78, 5) is 2.58. The van der Waals surface area contributed by atoms with Crippen molar-refractivity contribution in [2.75, 3.05) is 19.6 Å². The van der Waals surface area contributed by atoms with Gasteiger partial charge in [-0.15, -0.1) is 0 Å². The van der Waals surface area contributed by atoms with Crippen LogP contribution in [-0.2, 0) is 13.6 Å². The first kappa shape index (κ1) is 14.0. The zero-order valence-electron chi connectivity index (χ0n) is 11.5. The average Bonchev–Trinajstić information content (AvgIpc) is 2.93. The second kappa shape index (κ2) is 6.17. The molecule has 1 atom stereocenters. The molecule has 18 heavy (non-hydrogen) atoms. The Morgan fingerprint density at radius 2 is 2.33 bits per heavy atom. The molecular weight excluding hydrogens is 292 g/mol. The molecule has 0 aliphatic carbocycles. The number of hydrogen-bond donors (Lipinski definition) is 1. The molecule has 0 amide bonds. The number of halogens is 1. The highest BCUT2D eigenvalue weighted by molar-refractivity contribution is 9.10. The molecule has 0 radical (unpaired) electrons. The van der Waals surface area contributed by atoms with Crippen LogP contribution in [0.5, 0.6) is 0 Å². The molecule has 102 valence electrons. The number of nitrogens with one attached hydrogen (secondary N) is 1. The van der Waals surface area contributed by atoms with Crippen LogP contribution in [-0.4, -0.2) is 40.4 Å². The van der Waals surface area contributed by atoms with Crippen molar-refractivity contribution in [1.82, 2.24) is 20.0 Å². The normalized spacial score (nSPS) is 19.9. The van der Waals surface area contributed by atoms with Crippen molar-refractivity contribution in [3.8, 4) is 0 Å². The van der Waals surface area contributed by atoms with E-state index in [-0.39, 0.29) is 0 Å². The highest BCUT2D eigenvalue weighted by Crippen LogP contribution is 2.23. The predicted octanol–water partition coefficient (Wildman–Crippen LogP) is 2.06. The van der Waals surface area contributed by atoms with E-state index in [0.717, 1.165) is 36.3 Å². The van der Waals surface area contributed by atoms with E-state index in [4.69, 9.17) is 0 Å². The van der Waals surface area contributed by atoms with E-state index in [0.29, 0.717) is 6.04 Å². The van der Waals surface area contributed by atoms with Gasteiger partial charge in [-0.25, -0.2) is 0 Å². The lowest BCUT2D eigenvalue weighted by atomic mass is 10.2. The maximum absolute atomic E-state index is 4.48. The molecule has 0 saturated carbocycles. The molecule has 1 fully saturated rings. The highest BCUT2D eigenvalue weighted by Gasteiger charge is 2.23. The summed E-state index contributed by atoms with van der Waals surface area (Å²) >= 11 is 3.66. The molecule has 1 saturated heterocycles. The molecule has 2 heterocycles. The van der Waals surface area contributed by atoms with Gasteiger partial charge in [0.25, 0.3) is 0 Å². The third-order valence-corrected chi connectivity index (χ3v) is 4.71. The van der Waals surface area contributed by atoms with E-state index in [2.05, 4.69) is 45.1 Å². The van der Waals surface area contributed by atoms with Gasteiger partial charge in [-0.05, 0) is 48.8 Å². The number of hydrogen-bond acceptors (Lipinski definition) is 3. The fourth-order valence-corrected chi connectivity index (χ4v) is 3.13. The van der Waals surface area contributed by atoms with Crippen molar-refractivity contribution in [1.29, 1.82) is 0 Å². The van der Waals surface area contributed by atoms with Crippen molar-refractivity contribution in [3.63, 3.8) is 0 Å². The standard InChI is InChI=1S/C13H23BrN4/c1-4-7-18(11-5-6-15-8-11)9-12-13(14)10(2)16-17(12)3/h11,15H,4-9H2,1-3H3. The van der Waals surface area contributed by atoms with Crippen LogP contribution in [0.4, 0.5) is 0 Å². The van der Waals surface area contributed by atoms with E-state index in [1.54, 1.807) is 0 Å². The molecule has 1 N–H and O–H groups in total. The van der Waals surface area contributed by atoms with E-state index in [9.17, 15) is 0 Å². The van der Waals surface area contributed by atoms with Crippen molar-refractivity contribution in [2.24, 2.45) is 7.05 Å². The maximum atomic E-state index is 4.48. The minimum atomic E-state index is 0.673. The summed E-state index contributed by atoms with van der Waals surface area (Å²) < 4.78 is 3.17. The number of aromatic nitrogens is 2. The second-order valence-electron chi connectivity index (χ2n) is 5.09. The highest BCUT2D eigenvalue weighted by atomic mass is 79.9. The van der Waals surface area contributed by atoms with Gasteiger partial charge in [0, 0.05) is 26.2 Å². The molecule has 2 rings (SSSR count). The number of aryl methyl sites for hydroxylation is 2. The van der Waals surface area contributed by atoms with Gasteiger partial charge in [0.05, 0.1) is 15.9 Å². The first-order valence-corrected chi connectivity index (χ1v) is 7.55. The number of nitrogens with zero attached hydrogens (tertiary/aromatic N) is 3. The van der Waals surface area contributed by atoms with Gasteiger partial charge in [0.2, 0.25) is 0 Å². The summed E-state index contributed by atoms with van der Waals surface area (Å²) in [6.45, 7) is 8.71. The molecule has 0 spiro atoms. The van der Waals surface area contributed by atoms with Gasteiger partial charge >= 0.3 is 0 Å². The lowest BCUT2D eigenvalue weighted by molar-refractivity contribution is 0.194. The van der Waals surface area contributed by atoms with Crippen LogP contribution in [0.15, 0.2) is 4.47 Å². The molecule has 0 bridgehead atoms. The molecule has 1 aromatic heterocycles. The lowest BCUT2D eigenvalue weighted by Gasteiger charge is -2.28. The summed E-state index contributed by atoms with van der Waals surface area (Å²) in [5.74, 6) is 0. The molecule has 1 unspecified atom stereocenters. The molecule has 0 aromatic carbocycles. The fraction of sp³-hybridized carbons (Fsp3) is 0.769. The summed E-state index contributed by atoms with van der Waals surface area (Å²) in [5.41, 5.74) is 2.36. The minimum absolute atomic E-state index is 0.673. The van der Waals surface area contributed by atoms with Crippen LogP contribution in [0.3, 0.4) is 0 Å². The van der Waals surface area contributed by atoms with E-state index < -0.39 is 0 Å². The second-order valence-corrected chi connectivity index (χ2v) is 5.88. The minimum Gasteiger partial charge on any atom is -0.315 e. The molecule has 1 aliphatic heterocycles. The van der Waals surface area contributed by atoms with Crippen molar-refractivity contribution < 1.29 is 0 Å². The Hall–Kier alpha value is -0.390. The molecule has 5 heteroatoms. The molecule has 4 nitrogen and oxygen atoms in total. The van der Waals surface area contributed by atoms with E-state index >= 15 is 0 Å². The predicted molar refractivity (Wildman–Crippen MR) is 77.6 cm³/mol. The van der Waals surface area contributed by atoms with Crippen molar-refractivity contribution >= 4 is 15.9 Å². The third-order valence-electron chi connectivity index (χ3n) is 3.68. The Kier molecular flexibility index (Phi) is 4.81. The number of rotatable bonds is 5. The van der Waals surface area contributed by atoms with Crippen molar-refractivity contribution in [3.05, 3.63) is 15.9 Å². The van der Waals surface area contributed by atoms with Gasteiger partial charge in [0.1, 0.15) is 0 Å².